The molecule has 102 valence electrons. The molecule has 0 aliphatic heterocycles. The molecule has 0 fully saturated rings. The second-order valence-electron chi connectivity index (χ2n) is 3.77. The zero-order valence-corrected chi connectivity index (χ0v) is 11.5. The molecule has 1 aromatic heterocycles. The van der Waals surface area contributed by atoms with Crippen molar-refractivity contribution in [3.8, 4) is 0 Å². The quantitative estimate of drug-likeness (QED) is 0.676. The van der Waals surface area contributed by atoms with E-state index in [-0.39, 0.29) is 6.03 Å². The fourth-order valence-electron chi connectivity index (χ4n) is 1.41. The molecule has 0 unspecified atom stereocenters. The Labute approximate surface area is 111 Å². The molecule has 2 amide bonds. The van der Waals surface area contributed by atoms with E-state index in [1.165, 1.54) is 6.20 Å². The third-order valence-corrected chi connectivity index (χ3v) is 2.88. The Kier molecular flexibility index (Phi) is 8.07. The Hall–Kier alpha value is -1.21. The number of hydrogen-bond donors (Lipinski definition) is 2. The van der Waals surface area contributed by atoms with Crippen LogP contribution in [0.4, 0.5) is 9.80 Å². The lowest BCUT2D eigenvalue weighted by Crippen LogP contribution is -2.29. The summed E-state index contributed by atoms with van der Waals surface area (Å²) in [6.45, 7) is 4.31. The van der Waals surface area contributed by atoms with Crippen LogP contribution in [0, 0.1) is 0 Å². The highest BCUT2D eigenvalue weighted by Gasteiger charge is 2.02. The van der Waals surface area contributed by atoms with Crippen molar-refractivity contribution in [2.24, 2.45) is 0 Å². The van der Waals surface area contributed by atoms with Gasteiger partial charge < -0.3 is 10.1 Å². The summed E-state index contributed by atoms with van der Waals surface area (Å²) in [5.74, 6) is 0. The average Bonchev–Trinajstić information content (AvgIpc) is 2.85. The number of nitrogens with zero attached hydrogens (tertiary/aromatic N) is 2. The Morgan fingerprint density at radius 1 is 1.39 bits per heavy atom. The molecule has 0 aromatic carbocycles. The van der Waals surface area contributed by atoms with Gasteiger partial charge in [-0.1, -0.05) is 17.3 Å². The van der Waals surface area contributed by atoms with E-state index in [1.54, 1.807) is 0 Å². The van der Waals surface area contributed by atoms with Crippen molar-refractivity contribution >= 4 is 22.6 Å². The van der Waals surface area contributed by atoms with E-state index < -0.39 is 0 Å². The van der Waals surface area contributed by atoms with Gasteiger partial charge in [-0.3, -0.25) is 5.32 Å². The summed E-state index contributed by atoms with van der Waals surface area (Å²) in [6, 6.07) is -0.199. The molecule has 0 aliphatic carbocycles. The number of carbonyl (C=O) groups is 1. The van der Waals surface area contributed by atoms with Crippen LogP contribution in [-0.2, 0) is 4.74 Å². The number of hydrogen-bond acceptors (Lipinski definition) is 5. The smallest absolute Gasteiger partial charge is 0.319 e. The van der Waals surface area contributed by atoms with Crippen molar-refractivity contribution in [1.82, 2.24) is 14.9 Å². The number of aromatic nitrogens is 2. The number of nitrogens with one attached hydrogen (secondary N) is 2. The zero-order chi connectivity index (χ0) is 13.1. The van der Waals surface area contributed by atoms with Crippen molar-refractivity contribution in [3.63, 3.8) is 0 Å². The molecule has 1 aromatic rings. The number of rotatable bonds is 9. The van der Waals surface area contributed by atoms with Gasteiger partial charge in [0.1, 0.15) is 5.00 Å². The lowest BCUT2D eigenvalue weighted by Gasteiger charge is -2.05. The Bertz CT molecular complexity index is 319. The minimum absolute atomic E-state index is 0.199. The van der Waals surface area contributed by atoms with E-state index in [0.29, 0.717) is 11.5 Å². The molecular weight excluding hydrogens is 252 g/mol. The van der Waals surface area contributed by atoms with Crippen LogP contribution in [0.15, 0.2) is 6.20 Å². The van der Waals surface area contributed by atoms with Crippen LogP contribution in [0.2, 0.25) is 0 Å². The standard InChI is InChI=1S/C11H20N4O2S/c1-2-17-8-6-4-3-5-7-12-11(16)14-10-9-13-15-18-10/h9H,2-8H2,1H3,(H2,12,14,16). The lowest BCUT2D eigenvalue weighted by atomic mass is 10.2. The minimum Gasteiger partial charge on any atom is -0.382 e. The number of unbranched alkanes of at least 4 members (excludes halogenated alkanes) is 3. The van der Waals surface area contributed by atoms with E-state index in [2.05, 4.69) is 20.2 Å². The summed E-state index contributed by atoms with van der Waals surface area (Å²) < 4.78 is 8.90. The van der Waals surface area contributed by atoms with Crippen LogP contribution in [0.25, 0.3) is 0 Å². The van der Waals surface area contributed by atoms with Gasteiger partial charge in [-0.15, -0.1) is 5.10 Å². The SMILES string of the molecule is CCOCCCCCCNC(=O)Nc1cnns1. The molecular formula is C11H20N4O2S. The lowest BCUT2D eigenvalue weighted by molar-refractivity contribution is 0.143. The molecule has 1 rings (SSSR count). The first-order valence-electron chi connectivity index (χ1n) is 6.23. The summed E-state index contributed by atoms with van der Waals surface area (Å²) >= 11 is 1.16. The van der Waals surface area contributed by atoms with Crippen LogP contribution in [0.1, 0.15) is 32.6 Å². The summed E-state index contributed by atoms with van der Waals surface area (Å²) in [7, 11) is 0. The predicted octanol–water partition coefficient (Wildman–Crippen LogP) is 2.26. The topological polar surface area (TPSA) is 76.1 Å². The predicted molar refractivity (Wildman–Crippen MR) is 71.9 cm³/mol. The first kappa shape index (κ1) is 14.8. The Morgan fingerprint density at radius 2 is 2.22 bits per heavy atom. The van der Waals surface area contributed by atoms with Crippen molar-refractivity contribution in [1.29, 1.82) is 0 Å². The normalized spacial score (nSPS) is 10.3. The second-order valence-corrected chi connectivity index (χ2v) is 4.56. The van der Waals surface area contributed by atoms with E-state index in [1.807, 2.05) is 6.92 Å². The first-order chi connectivity index (χ1) is 8.83. The maximum Gasteiger partial charge on any atom is 0.319 e. The zero-order valence-electron chi connectivity index (χ0n) is 10.6. The molecule has 18 heavy (non-hydrogen) atoms. The van der Waals surface area contributed by atoms with Crippen molar-refractivity contribution in [2.45, 2.75) is 32.6 Å². The van der Waals surface area contributed by atoms with Gasteiger partial charge in [-0.25, -0.2) is 4.79 Å². The van der Waals surface area contributed by atoms with Crippen molar-refractivity contribution in [3.05, 3.63) is 6.20 Å². The summed E-state index contributed by atoms with van der Waals surface area (Å²) in [5.41, 5.74) is 0. The third kappa shape index (κ3) is 7.18. The van der Waals surface area contributed by atoms with Gasteiger partial charge in [-0.2, -0.15) is 0 Å². The molecule has 0 bridgehead atoms. The van der Waals surface area contributed by atoms with Crippen LogP contribution in [0.3, 0.4) is 0 Å². The fraction of sp³-hybridized carbons (Fsp3) is 0.727. The van der Waals surface area contributed by atoms with Gasteiger partial charge in [0.25, 0.3) is 0 Å². The molecule has 1 heterocycles. The number of amides is 2. The molecule has 0 saturated carbocycles. The first-order valence-corrected chi connectivity index (χ1v) is 7.00. The maximum atomic E-state index is 11.4. The monoisotopic (exact) mass is 272 g/mol. The van der Waals surface area contributed by atoms with Gasteiger partial charge in [-0.05, 0) is 19.8 Å². The molecule has 0 aliphatic rings. The van der Waals surface area contributed by atoms with Crippen LogP contribution in [0.5, 0.6) is 0 Å². The van der Waals surface area contributed by atoms with Crippen molar-refractivity contribution < 1.29 is 9.53 Å². The minimum atomic E-state index is -0.199. The van der Waals surface area contributed by atoms with Crippen LogP contribution >= 0.6 is 11.5 Å². The van der Waals surface area contributed by atoms with E-state index in [9.17, 15) is 4.79 Å². The van der Waals surface area contributed by atoms with Gasteiger partial charge in [0.2, 0.25) is 0 Å². The molecule has 0 spiro atoms. The number of urea groups is 1. The molecule has 0 atom stereocenters. The third-order valence-electron chi connectivity index (χ3n) is 2.30. The molecule has 2 N–H and O–H groups in total. The van der Waals surface area contributed by atoms with Gasteiger partial charge in [0.15, 0.2) is 0 Å². The van der Waals surface area contributed by atoms with E-state index >= 15 is 0 Å². The Balaban J connectivity index is 1.90. The average molecular weight is 272 g/mol. The second kappa shape index (κ2) is 9.78. The highest BCUT2D eigenvalue weighted by Crippen LogP contribution is 2.08. The number of anilines is 1. The number of carbonyl (C=O) groups excluding carboxylic acids is 1. The number of ether oxygens (including phenoxy) is 1. The molecule has 7 heteroatoms. The van der Waals surface area contributed by atoms with Gasteiger partial charge >= 0.3 is 6.03 Å². The highest BCUT2D eigenvalue weighted by molar-refractivity contribution is 7.10. The van der Waals surface area contributed by atoms with Crippen molar-refractivity contribution in [2.75, 3.05) is 25.1 Å². The van der Waals surface area contributed by atoms with E-state index in [0.717, 1.165) is 50.4 Å². The molecule has 0 radical (unpaired) electrons. The van der Waals surface area contributed by atoms with E-state index in [4.69, 9.17) is 4.74 Å². The largest absolute Gasteiger partial charge is 0.382 e. The van der Waals surface area contributed by atoms with Gasteiger partial charge in [0.05, 0.1) is 6.20 Å². The fourth-order valence-corrected chi connectivity index (χ4v) is 1.82. The van der Waals surface area contributed by atoms with Crippen LogP contribution in [-0.4, -0.2) is 35.4 Å². The Morgan fingerprint density at radius 3 is 2.94 bits per heavy atom. The van der Waals surface area contributed by atoms with Gasteiger partial charge in [0, 0.05) is 31.3 Å². The summed E-state index contributed by atoms with van der Waals surface area (Å²) in [6.07, 6.45) is 5.85. The highest BCUT2D eigenvalue weighted by atomic mass is 32.1. The molecule has 0 saturated heterocycles. The summed E-state index contributed by atoms with van der Waals surface area (Å²) in [5, 5.41) is 9.75. The maximum absolute atomic E-state index is 11.4. The summed E-state index contributed by atoms with van der Waals surface area (Å²) in [4.78, 5) is 11.4. The molecule has 6 nitrogen and oxygen atoms in total. The van der Waals surface area contributed by atoms with Crippen LogP contribution < -0.4 is 10.6 Å².